The van der Waals surface area contributed by atoms with Crippen LogP contribution in [0.15, 0.2) is 18.5 Å². The molecule has 6 nitrogen and oxygen atoms in total. The zero-order valence-electron chi connectivity index (χ0n) is 6.34. The number of hydrogen-bond acceptors (Lipinski definition) is 3. The first kappa shape index (κ1) is 9.17. The first-order valence-electron chi connectivity index (χ1n) is 3.33. The van der Waals surface area contributed by atoms with Gasteiger partial charge in [-0.05, 0) is 6.07 Å². The Morgan fingerprint density at radius 1 is 1.58 bits per heavy atom. The van der Waals surface area contributed by atoms with Gasteiger partial charge in [-0.3, -0.25) is 4.68 Å². The minimum absolute atomic E-state index is 0.251. The summed E-state index contributed by atoms with van der Waals surface area (Å²) in [4.78, 5) is 0. The Labute approximate surface area is 70.6 Å². The number of aromatic nitrogens is 2. The van der Waals surface area contributed by atoms with Crippen LogP contribution in [0.4, 0.5) is 0 Å². The van der Waals surface area contributed by atoms with Crippen molar-refractivity contribution in [2.24, 2.45) is 5.14 Å². The summed E-state index contributed by atoms with van der Waals surface area (Å²) in [7, 11) is -3.57. The van der Waals surface area contributed by atoms with Crippen molar-refractivity contribution >= 4 is 10.2 Å². The third-order valence-electron chi connectivity index (χ3n) is 1.20. The van der Waals surface area contributed by atoms with Crippen molar-refractivity contribution in [2.75, 3.05) is 6.54 Å². The van der Waals surface area contributed by atoms with Gasteiger partial charge in [0.2, 0.25) is 0 Å². The van der Waals surface area contributed by atoms with Gasteiger partial charge in [-0.25, -0.2) is 9.86 Å². The Kier molecular flexibility index (Phi) is 2.79. The van der Waals surface area contributed by atoms with Gasteiger partial charge >= 0.3 is 0 Å². The first-order valence-corrected chi connectivity index (χ1v) is 4.87. The second-order valence-electron chi connectivity index (χ2n) is 2.21. The van der Waals surface area contributed by atoms with E-state index in [0.717, 1.165) is 0 Å². The van der Waals surface area contributed by atoms with Gasteiger partial charge in [0.1, 0.15) is 0 Å². The molecular weight excluding hydrogens is 180 g/mol. The van der Waals surface area contributed by atoms with Crippen LogP contribution in [-0.4, -0.2) is 24.7 Å². The van der Waals surface area contributed by atoms with Crippen LogP contribution in [0.1, 0.15) is 0 Å². The molecule has 0 bridgehead atoms. The zero-order chi connectivity index (χ0) is 9.03. The molecule has 1 aromatic rings. The van der Waals surface area contributed by atoms with E-state index in [4.69, 9.17) is 5.14 Å². The highest BCUT2D eigenvalue weighted by Gasteiger charge is 1.98. The molecule has 0 fully saturated rings. The zero-order valence-corrected chi connectivity index (χ0v) is 7.16. The summed E-state index contributed by atoms with van der Waals surface area (Å²) in [5.41, 5.74) is 0. The molecule has 1 heterocycles. The lowest BCUT2D eigenvalue weighted by atomic mass is 10.6. The van der Waals surface area contributed by atoms with Crippen LogP contribution >= 0.6 is 0 Å². The van der Waals surface area contributed by atoms with Crippen molar-refractivity contribution in [3.63, 3.8) is 0 Å². The normalized spacial score (nSPS) is 11.8. The number of nitrogens with zero attached hydrogens (tertiary/aromatic N) is 2. The van der Waals surface area contributed by atoms with Gasteiger partial charge in [0, 0.05) is 18.9 Å². The van der Waals surface area contributed by atoms with Crippen LogP contribution < -0.4 is 9.86 Å². The largest absolute Gasteiger partial charge is 0.274 e. The van der Waals surface area contributed by atoms with Crippen molar-refractivity contribution in [1.29, 1.82) is 0 Å². The molecule has 1 rings (SSSR count). The molecule has 0 saturated carbocycles. The van der Waals surface area contributed by atoms with E-state index in [1.165, 1.54) is 0 Å². The maximum Gasteiger partial charge on any atom is 0.274 e. The summed E-state index contributed by atoms with van der Waals surface area (Å²) < 4.78 is 24.6. The number of hydrogen-bond donors (Lipinski definition) is 2. The van der Waals surface area contributed by atoms with Gasteiger partial charge in [-0.1, -0.05) is 0 Å². The van der Waals surface area contributed by atoms with E-state index < -0.39 is 10.2 Å². The van der Waals surface area contributed by atoms with Crippen molar-refractivity contribution in [2.45, 2.75) is 6.54 Å². The molecule has 0 unspecified atom stereocenters. The van der Waals surface area contributed by atoms with E-state index in [0.29, 0.717) is 6.54 Å². The van der Waals surface area contributed by atoms with Crippen LogP contribution in [0.2, 0.25) is 0 Å². The quantitative estimate of drug-likeness (QED) is 0.616. The fraction of sp³-hybridized carbons (Fsp3) is 0.400. The van der Waals surface area contributed by atoms with Crippen LogP contribution in [0.25, 0.3) is 0 Å². The highest BCUT2D eigenvalue weighted by molar-refractivity contribution is 7.87. The molecular formula is C5H10N4O2S. The predicted octanol–water partition coefficient (Wildman–Crippen LogP) is -1.32. The topological polar surface area (TPSA) is 90.0 Å². The van der Waals surface area contributed by atoms with Crippen LogP contribution in [0.3, 0.4) is 0 Å². The molecule has 0 aromatic carbocycles. The molecule has 0 aliphatic heterocycles. The highest BCUT2D eigenvalue weighted by Crippen LogP contribution is 1.82. The molecule has 1 aromatic heterocycles. The summed E-state index contributed by atoms with van der Waals surface area (Å²) in [6.07, 6.45) is 3.36. The third-order valence-corrected chi connectivity index (χ3v) is 1.81. The standard InChI is InChI=1S/C5H10N4O2S/c6-12(10,11)8-3-5-9-4-1-2-7-9/h1-2,4,8H,3,5H2,(H2,6,10,11). The Morgan fingerprint density at radius 3 is 2.83 bits per heavy atom. The van der Waals surface area contributed by atoms with E-state index in [2.05, 4.69) is 9.82 Å². The van der Waals surface area contributed by atoms with Crippen LogP contribution in [0, 0.1) is 0 Å². The molecule has 0 amide bonds. The molecule has 0 spiro atoms. The van der Waals surface area contributed by atoms with Gasteiger partial charge in [0.25, 0.3) is 10.2 Å². The molecule has 0 radical (unpaired) electrons. The minimum Gasteiger partial charge on any atom is -0.271 e. The SMILES string of the molecule is NS(=O)(=O)NCCn1cccn1. The molecule has 68 valence electrons. The molecule has 0 atom stereocenters. The second-order valence-corrected chi connectivity index (χ2v) is 3.59. The Balaban J connectivity index is 2.29. The fourth-order valence-electron chi connectivity index (χ4n) is 0.735. The Bertz CT molecular complexity index is 317. The second kappa shape index (κ2) is 3.65. The van der Waals surface area contributed by atoms with Crippen molar-refractivity contribution in [1.82, 2.24) is 14.5 Å². The van der Waals surface area contributed by atoms with E-state index in [9.17, 15) is 8.42 Å². The van der Waals surface area contributed by atoms with Gasteiger partial charge in [-0.15, -0.1) is 0 Å². The summed E-state index contributed by atoms with van der Waals surface area (Å²) >= 11 is 0. The molecule has 7 heteroatoms. The average Bonchev–Trinajstić information content (AvgIpc) is 2.36. The number of nitrogens with two attached hydrogens (primary N) is 1. The smallest absolute Gasteiger partial charge is 0.271 e. The van der Waals surface area contributed by atoms with E-state index in [-0.39, 0.29) is 6.54 Å². The predicted molar refractivity (Wildman–Crippen MR) is 43.3 cm³/mol. The average molecular weight is 190 g/mol. The highest BCUT2D eigenvalue weighted by atomic mass is 32.2. The van der Waals surface area contributed by atoms with Gasteiger partial charge < -0.3 is 0 Å². The van der Waals surface area contributed by atoms with Gasteiger partial charge in [-0.2, -0.15) is 13.5 Å². The van der Waals surface area contributed by atoms with E-state index >= 15 is 0 Å². The number of rotatable bonds is 4. The van der Waals surface area contributed by atoms with Crippen molar-refractivity contribution < 1.29 is 8.42 Å². The lowest BCUT2D eigenvalue weighted by molar-refractivity contribution is 0.562. The monoisotopic (exact) mass is 190 g/mol. The summed E-state index contributed by atoms with van der Waals surface area (Å²) in [5.74, 6) is 0. The van der Waals surface area contributed by atoms with Gasteiger partial charge in [0.15, 0.2) is 0 Å². The fourth-order valence-corrected chi connectivity index (χ4v) is 1.11. The Hall–Kier alpha value is -0.920. The third kappa shape index (κ3) is 3.46. The maximum atomic E-state index is 10.4. The maximum absolute atomic E-state index is 10.4. The lowest BCUT2D eigenvalue weighted by Gasteiger charge is -2.01. The Morgan fingerprint density at radius 2 is 2.33 bits per heavy atom. The van der Waals surface area contributed by atoms with Crippen LogP contribution in [-0.2, 0) is 16.8 Å². The van der Waals surface area contributed by atoms with E-state index in [1.54, 1.807) is 23.1 Å². The summed E-state index contributed by atoms with van der Waals surface area (Å²) in [5, 5.41) is 8.58. The van der Waals surface area contributed by atoms with Crippen molar-refractivity contribution in [3.8, 4) is 0 Å². The van der Waals surface area contributed by atoms with Crippen molar-refractivity contribution in [3.05, 3.63) is 18.5 Å². The van der Waals surface area contributed by atoms with Gasteiger partial charge in [0.05, 0.1) is 6.54 Å². The minimum atomic E-state index is -3.57. The lowest BCUT2D eigenvalue weighted by Crippen LogP contribution is -2.33. The molecule has 0 aliphatic carbocycles. The number of nitrogens with one attached hydrogen (secondary N) is 1. The molecule has 12 heavy (non-hydrogen) atoms. The first-order chi connectivity index (χ1) is 5.58. The molecule has 0 aliphatic rings. The molecule has 3 N–H and O–H groups in total. The van der Waals surface area contributed by atoms with E-state index in [1.807, 2.05) is 0 Å². The van der Waals surface area contributed by atoms with Crippen LogP contribution in [0.5, 0.6) is 0 Å². The summed E-state index contributed by atoms with van der Waals surface area (Å²) in [6.45, 7) is 0.726. The summed E-state index contributed by atoms with van der Waals surface area (Å²) in [6, 6.07) is 1.76. The molecule has 0 saturated heterocycles.